The van der Waals surface area contributed by atoms with Crippen molar-refractivity contribution < 1.29 is 14.0 Å². The van der Waals surface area contributed by atoms with Crippen molar-refractivity contribution in [2.45, 2.75) is 25.3 Å². The molecule has 1 aliphatic heterocycles. The van der Waals surface area contributed by atoms with Gasteiger partial charge in [0, 0.05) is 24.9 Å². The summed E-state index contributed by atoms with van der Waals surface area (Å²) >= 11 is 0. The zero-order valence-electron chi connectivity index (χ0n) is 13.1. The third-order valence-corrected chi connectivity index (χ3v) is 4.01. The van der Waals surface area contributed by atoms with Gasteiger partial charge in [0.15, 0.2) is 0 Å². The number of halogens is 1. The molecule has 5 nitrogen and oxygen atoms in total. The van der Waals surface area contributed by atoms with Crippen LogP contribution in [0.25, 0.3) is 0 Å². The predicted molar refractivity (Wildman–Crippen MR) is 86.9 cm³/mol. The van der Waals surface area contributed by atoms with Crippen molar-refractivity contribution >= 4 is 11.8 Å². The zero-order chi connectivity index (χ0) is 16.9. The molecule has 2 heterocycles. The van der Waals surface area contributed by atoms with Gasteiger partial charge in [-0.2, -0.15) is 0 Å². The summed E-state index contributed by atoms with van der Waals surface area (Å²) in [6.45, 7) is 0.650. The summed E-state index contributed by atoms with van der Waals surface area (Å²) in [5.41, 5.74) is 1.61. The second kappa shape index (κ2) is 7.21. The van der Waals surface area contributed by atoms with Crippen LogP contribution < -0.4 is 10.6 Å². The van der Waals surface area contributed by atoms with Gasteiger partial charge in [-0.05, 0) is 36.6 Å². The molecule has 0 spiro atoms. The second-order valence-corrected chi connectivity index (χ2v) is 5.77. The Kier molecular flexibility index (Phi) is 4.84. The van der Waals surface area contributed by atoms with Crippen molar-refractivity contribution in [3.05, 3.63) is 65.2 Å². The van der Waals surface area contributed by atoms with E-state index in [9.17, 15) is 14.0 Å². The molecule has 2 amide bonds. The Labute approximate surface area is 139 Å². The number of benzene rings is 1. The normalized spacial score (nSPS) is 17.2. The fraction of sp³-hybridized carbons (Fsp3) is 0.278. The predicted octanol–water partition coefficient (Wildman–Crippen LogP) is 1.82. The lowest BCUT2D eigenvalue weighted by molar-refractivity contribution is -0.124. The highest BCUT2D eigenvalue weighted by atomic mass is 19.1. The Bertz CT molecular complexity index is 746. The van der Waals surface area contributed by atoms with Gasteiger partial charge >= 0.3 is 0 Å². The molecule has 2 aromatic rings. The molecule has 124 valence electrons. The molecule has 0 radical (unpaired) electrons. The van der Waals surface area contributed by atoms with E-state index in [2.05, 4.69) is 15.6 Å². The molecule has 1 aromatic heterocycles. The van der Waals surface area contributed by atoms with E-state index in [4.69, 9.17) is 0 Å². The molecule has 1 saturated heterocycles. The van der Waals surface area contributed by atoms with Gasteiger partial charge < -0.3 is 10.6 Å². The van der Waals surface area contributed by atoms with Crippen molar-refractivity contribution in [3.63, 3.8) is 0 Å². The summed E-state index contributed by atoms with van der Waals surface area (Å²) in [6, 6.07) is 9.37. The Morgan fingerprint density at radius 3 is 2.83 bits per heavy atom. The number of pyridine rings is 1. The summed E-state index contributed by atoms with van der Waals surface area (Å²) in [5.74, 6) is -0.759. The smallest absolute Gasteiger partial charge is 0.253 e. The molecule has 1 fully saturated rings. The van der Waals surface area contributed by atoms with Gasteiger partial charge in [0.2, 0.25) is 5.91 Å². The van der Waals surface area contributed by atoms with Gasteiger partial charge in [0.25, 0.3) is 5.91 Å². The average molecular weight is 327 g/mol. The highest BCUT2D eigenvalue weighted by Crippen LogP contribution is 2.12. The van der Waals surface area contributed by atoms with Gasteiger partial charge in [0.05, 0.1) is 5.56 Å². The maximum Gasteiger partial charge on any atom is 0.253 e. The van der Waals surface area contributed by atoms with Crippen molar-refractivity contribution in [3.8, 4) is 0 Å². The monoisotopic (exact) mass is 327 g/mol. The SMILES string of the molecule is O=C(N[C@H]1CCCNC1=O)c1ccc(Cc2ccccc2F)nc1. The first-order valence-electron chi connectivity index (χ1n) is 7.90. The van der Waals surface area contributed by atoms with Crippen molar-refractivity contribution in [2.75, 3.05) is 6.54 Å². The maximum absolute atomic E-state index is 13.7. The van der Waals surface area contributed by atoms with E-state index in [1.54, 1.807) is 30.3 Å². The highest BCUT2D eigenvalue weighted by molar-refractivity contribution is 5.97. The number of nitrogens with zero attached hydrogens (tertiary/aromatic N) is 1. The largest absolute Gasteiger partial charge is 0.354 e. The average Bonchev–Trinajstić information content (AvgIpc) is 2.59. The Morgan fingerprint density at radius 1 is 1.29 bits per heavy atom. The first kappa shape index (κ1) is 16.1. The number of carbonyl (C=O) groups is 2. The van der Waals surface area contributed by atoms with Crippen LogP contribution in [0.15, 0.2) is 42.6 Å². The van der Waals surface area contributed by atoms with Crippen LogP contribution in [0.5, 0.6) is 0 Å². The fourth-order valence-corrected chi connectivity index (χ4v) is 2.65. The van der Waals surface area contributed by atoms with E-state index >= 15 is 0 Å². The quantitative estimate of drug-likeness (QED) is 0.900. The lowest BCUT2D eigenvalue weighted by atomic mass is 10.1. The topological polar surface area (TPSA) is 71.1 Å². The number of piperidine rings is 1. The first-order chi connectivity index (χ1) is 11.6. The third kappa shape index (κ3) is 3.76. The van der Waals surface area contributed by atoms with E-state index in [1.165, 1.54) is 12.3 Å². The van der Waals surface area contributed by atoms with Crippen LogP contribution in [-0.2, 0) is 11.2 Å². The molecule has 0 saturated carbocycles. The summed E-state index contributed by atoms with van der Waals surface area (Å²) in [7, 11) is 0. The van der Waals surface area contributed by atoms with Gasteiger partial charge in [-0.3, -0.25) is 14.6 Å². The molecule has 24 heavy (non-hydrogen) atoms. The van der Waals surface area contributed by atoms with E-state index in [1.807, 2.05) is 0 Å². The number of rotatable bonds is 4. The van der Waals surface area contributed by atoms with Gasteiger partial charge in [-0.1, -0.05) is 18.2 Å². The summed E-state index contributed by atoms with van der Waals surface area (Å²) in [4.78, 5) is 28.1. The minimum absolute atomic E-state index is 0.154. The van der Waals surface area contributed by atoms with Crippen molar-refractivity contribution in [1.82, 2.24) is 15.6 Å². The number of nitrogens with one attached hydrogen (secondary N) is 2. The van der Waals surface area contributed by atoms with Crippen LogP contribution in [-0.4, -0.2) is 29.4 Å². The van der Waals surface area contributed by atoms with Gasteiger partial charge in [-0.15, -0.1) is 0 Å². The molecule has 1 aromatic carbocycles. The van der Waals surface area contributed by atoms with Crippen molar-refractivity contribution in [1.29, 1.82) is 0 Å². The van der Waals surface area contributed by atoms with Gasteiger partial charge in [-0.25, -0.2) is 4.39 Å². The first-order valence-corrected chi connectivity index (χ1v) is 7.90. The highest BCUT2D eigenvalue weighted by Gasteiger charge is 2.24. The van der Waals surface area contributed by atoms with Crippen LogP contribution in [0.1, 0.15) is 34.5 Å². The zero-order valence-corrected chi connectivity index (χ0v) is 13.1. The summed E-state index contributed by atoms with van der Waals surface area (Å²) in [5, 5.41) is 5.44. The lowest BCUT2D eigenvalue weighted by Gasteiger charge is -2.22. The number of carbonyl (C=O) groups excluding carboxylic acids is 2. The minimum atomic E-state index is -0.496. The Hall–Kier alpha value is -2.76. The van der Waals surface area contributed by atoms with Crippen LogP contribution in [0, 0.1) is 5.82 Å². The van der Waals surface area contributed by atoms with E-state index < -0.39 is 6.04 Å². The Morgan fingerprint density at radius 2 is 2.12 bits per heavy atom. The van der Waals surface area contributed by atoms with Crippen molar-refractivity contribution in [2.24, 2.45) is 0 Å². The molecule has 0 bridgehead atoms. The maximum atomic E-state index is 13.7. The number of amides is 2. The van der Waals surface area contributed by atoms with Crippen LogP contribution in [0.4, 0.5) is 4.39 Å². The standard InChI is InChI=1S/C18H18FN3O2/c19-15-5-2-1-4-12(15)10-14-8-7-13(11-21-14)17(23)22-16-6-3-9-20-18(16)24/h1-2,4-5,7-8,11,16H,3,6,9-10H2,(H,20,24)(H,22,23)/t16-/m0/s1. The molecule has 0 aliphatic carbocycles. The lowest BCUT2D eigenvalue weighted by Crippen LogP contribution is -2.50. The van der Waals surface area contributed by atoms with Crippen LogP contribution in [0.3, 0.4) is 0 Å². The molecule has 2 N–H and O–H groups in total. The molecule has 0 unspecified atom stereocenters. The van der Waals surface area contributed by atoms with E-state index in [-0.39, 0.29) is 17.6 Å². The molecular weight excluding hydrogens is 309 g/mol. The van der Waals surface area contributed by atoms with E-state index in [0.29, 0.717) is 36.2 Å². The van der Waals surface area contributed by atoms with E-state index in [0.717, 1.165) is 6.42 Å². The number of aromatic nitrogens is 1. The Balaban J connectivity index is 1.64. The summed E-state index contributed by atoms with van der Waals surface area (Å²) in [6.07, 6.45) is 3.29. The van der Waals surface area contributed by atoms with Gasteiger partial charge in [0.1, 0.15) is 11.9 Å². The molecule has 1 atom stereocenters. The molecular formula is C18H18FN3O2. The van der Waals surface area contributed by atoms with Crippen LogP contribution in [0.2, 0.25) is 0 Å². The minimum Gasteiger partial charge on any atom is -0.354 e. The second-order valence-electron chi connectivity index (χ2n) is 5.77. The number of hydrogen-bond acceptors (Lipinski definition) is 3. The summed E-state index contributed by atoms with van der Waals surface area (Å²) < 4.78 is 13.7. The molecule has 3 rings (SSSR count). The number of hydrogen-bond donors (Lipinski definition) is 2. The fourth-order valence-electron chi connectivity index (χ4n) is 2.65. The third-order valence-electron chi connectivity index (χ3n) is 4.01. The van der Waals surface area contributed by atoms with Crippen LogP contribution >= 0.6 is 0 Å². The molecule has 6 heteroatoms. The molecule has 1 aliphatic rings.